The van der Waals surface area contributed by atoms with Crippen molar-refractivity contribution in [2.24, 2.45) is 11.3 Å². The molecule has 112 valence electrons. The molecule has 0 atom stereocenters. The molecule has 0 aromatic heterocycles. The van der Waals surface area contributed by atoms with Crippen molar-refractivity contribution in [3.05, 3.63) is 35.4 Å². The molecule has 1 aromatic carbocycles. The largest absolute Gasteiger partial charge is 0.465 e. The molecule has 2 heteroatoms. The number of carbonyl (C=O) groups is 1. The van der Waals surface area contributed by atoms with Gasteiger partial charge in [0.15, 0.2) is 0 Å². The van der Waals surface area contributed by atoms with Gasteiger partial charge in [-0.15, -0.1) is 0 Å². The molecule has 1 saturated carbocycles. The highest BCUT2D eigenvalue weighted by molar-refractivity contribution is 5.89. The van der Waals surface area contributed by atoms with Crippen LogP contribution in [0.25, 0.3) is 0 Å². The van der Waals surface area contributed by atoms with E-state index in [1.165, 1.54) is 39.2 Å². The monoisotopic (exact) mass is 284 g/mol. The summed E-state index contributed by atoms with van der Waals surface area (Å²) in [6.45, 7) is 4.50. The molecule has 1 aliphatic carbocycles. The minimum Gasteiger partial charge on any atom is -0.465 e. The molecule has 2 nitrogen and oxygen atoms in total. The normalized spacial score (nSPS) is 16.0. The highest BCUT2D eigenvalue weighted by atomic mass is 16.5. The van der Waals surface area contributed by atoms with E-state index in [-0.39, 0.29) is 11.4 Å². The molecule has 0 bridgehead atoms. The van der Waals surface area contributed by atoms with E-state index < -0.39 is 0 Å². The summed E-state index contributed by atoms with van der Waals surface area (Å²) in [7, 11) is 1.39. The van der Waals surface area contributed by atoms with Crippen LogP contribution < -0.4 is 0 Å². The summed E-state index contributed by atoms with van der Waals surface area (Å²) in [6.07, 6.45) is 6.63. The average Bonchev–Trinajstić information content (AvgIpc) is 2.53. The van der Waals surface area contributed by atoms with Crippen LogP contribution in [0.2, 0.25) is 0 Å². The molecular formula is C19H24O2. The predicted octanol–water partition coefficient (Wildman–Crippen LogP) is 4.43. The lowest BCUT2D eigenvalue weighted by atomic mass is 9.71. The zero-order valence-corrected chi connectivity index (χ0v) is 13.2. The van der Waals surface area contributed by atoms with Crippen LogP contribution in [0.3, 0.4) is 0 Å². The molecule has 0 N–H and O–H groups in total. The van der Waals surface area contributed by atoms with E-state index >= 15 is 0 Å². The molecule has 0 aliphatic heterocycles. The summed E-state index contributed by atoms with van der Waals surface area (Å²) in [5.74, 6) is 7.10. The molecule has 1 aliphatic rings. The third kappa shape index (κ3) is 4.11. The highest BCUT2D eigenvalue weighted by Crippen LogP contribution is 2.37. The summed E-state index contributed by atoms with van der Waals surface area (Å²) in [5.41, 5.74) is 1.57. The lowest BCUT2D eigenvalue weighted by molar-refractivity contribution is 0.0600. The van der Waals surface area contributed by atoms with E-state index in [9.17, 15) is 4.79 Å². The molecular weight excluding hydrogens is 260 g/mol. The Balaban J connectivity index is 2.08. The Morgan fingerprint density at radius 1 is 1.14 bits per heavy atom. The summed E-state index contributed by atoms with van der Waals surface area (Å²) in [4.78, 5) is 11.4. The van der Waals surface area contributed by atoms with Gasteiger partial charge in [0.2, 0.25) is 0 Å². The van der Waals surface area contributed by atoms with Crippen LogP contribution in [0.4, 0.5) is 0 Å². The first kappa shape index (κ1) is 15.6. The summed E-state index contributed by atoms with van der Waals surface area (Å²) in [5, 5.41) is 0. The zero-order valence-electron chi connectivity index (χ0n) is 13.2. The topological polar surface area (TPSA) is 26.3 Å². The molecule has 0 radical (unpaired) electrons. The highest BCUT2D eigenvalue weighted by Gasteiger charge is 2.28. The molecule has 21 heavy (non-hydrogen) atoms. The number of hydrogen-bond donors (Lipinski definition) is 0. The Labute approximate surface area is 127 Å². The number of rotatable bonds is 2. The third-order valence-electron chi connectivity index (χ3n) is 4.46. The lowest BCUT2D eigenvalue weighted by Crippen LogP contribution is -2.24. The van der Waals surface area contributed by atoms with Crippen molar-refractivity contribution in [1.29, 1.82) is 0 Å². The van der Waals surface area contributed by atoms with Gasteiger partial charge in [0.1, 0.15) is 0 Å². The number of carbonyl (C=O) groups excluding carboxylic acids is 1. The van der Waals surface area contributed by atoms with Crippen molar-refractivity contribution >= 4 is 5.97 Å². The minimum atomic E-state index is -0.308. The van der Waals surface area contributed by atoms with Gasteiger partial charge in [-0.3, -0.25) is 0 Å². The minimum absolute atomic E-state index is 0.0570. The van der Waals surface area contributed by atoms with Crippen LogP contribution in [0.15, 0.2) is 24.3 Å². The van der Waals surface area contributed by atoms with Gasteiger partial charge < -0.3 is 4.74 Å². The predicted molar refractivity (Wildman–Crippen MR) is 85.0 cm³/mol. The first-order valence-electron chi connectivity index (χ1n) is 7.74. The van der Waals surface area contributed by atoms with Crippen molar-refractivity contribution in [3.63, 3.8) is 0 Å². The maximum Gasteiger partial charge on any atom is 0.337 e. The molecule has 0 spiro atoms. The van der Waals surface area contributed by atoms with E-state index in [1.54, 1.807) is 12.1 Å². The number of ether oxygens (including phenoxy) is 1. The molecule has 0 heterocycles. The molecule has 0 amide bonds. The van der Waals surface area contributed by atoms with E-state index in [1.807, 2.05) is 12.1 Å². The number of methoxy groups -OCH3 is 1. The first-order valence-corrected chi connectivity index (χ1v) is 7.74. The molecule has 2 rings (SSSR count). The summed E-state index contributed by atoms with van der Waals surface area (Å²) < 4.78 is 4.69. The van der Waals surface area contributed by atoms with Crippen LogP contribution in [0.1, 0.15) is 61.9 Å². The van der Waals surface area contributed by atoms with Gasteiger partial charge in [-0.05, 0) is 56.9 Å². The second-order valence-corrected chi connectivity index (χ2v) is 6.38. The lowest BCUT2D eigenvalue weighted by Gasteiger charge is -2.32. The van der Waals surface area contributed by atoms with E-state index in [4.69, 9.17) is 4.74 Å². The van der Waals surface area contributed by atoms with Gasteiger partial charge in [-0.1, -0.05) is 31.1 Å². The van der Waals surface area contributed by atoms with Crippen LogP contribution in [-0.2, 0) is 4.74 Å². The fraction of sp³-hybridized carbons (Fsp3) is 0.526. The van der Waals surface area contributed by atoms with Crippen molar-refractivity contribution in [2.45, 2.75) is 46.0 Å². The number of hydrogen-bond acceptors (Lipinski definition) is 2. The van der Waals surface area contributed by atoms with Crippen LogP contribution >= 0.6 is 0 Å². The fourth-order valence-corrected chi connectivity index (χ4v) is 2.97. The number of benzene rings is 1. The van der Waals surface area contributed by atoms with Gasteiger partial charge >= 0.3 is 5.97 Å². The van der Waals surface area contributed by atoms with Crippen molar-refractivity contribution in [2.75, 3.05) is 7.11 Å². The van der Waals surface area contributed by atoms with Gasteiger partial charge in [0.25, 0.3) is 0 Å². The third-order valence-corrected chi connectivity index (χ3v) is 4.46. The Morgan fingerprint density at radius 3 is 2.33 bits per heavy atom. The summed E-state index contributed by atoms with van der Waals surface area (Å²) >= 11 is 0. The van der Waals surface area contributed by atoms with Crippen LogP contribution in [0, 0.1) is 23.2 Å². The van der Waals surface area contributed by atoms with Gasteiger partial charge in [0, 0.05) is 11.0 Å². The molecule has 0 unspecified atom stereocenters. The van der Waals surface area contributed by atoms with Gasteiger partial charge in [-0.2, -0.15) is 0 Å². The second kappa shape index (κ2) is 6.80. The van der Waals surface area contributed by atoms with E-state index in [0.717, 1.165) is 5.56 Å². The smallest absolute Gasteiger partial charge is 0.337 e. The van der Waals surface area contributed by atoms with Crippen molar-refractivity contribution in [3.8, 4) is 11.8 Å². The zero-order chi connectivity index (χ0) is 15.3. The number of esters is 1. The molecule has 0 saturated heterocycles. The van der Waals surface area contributed by atoms with E-state index in [0.29, 0.717) is 11.5 Å². The Kier molecular flexibility index (Phi) is 5.07. The SMILES string of the molecule is COC(=O)c1ccc(C#CC(C)(C)C2CCCCC2)cc1. The second-order valence-electron chi connectivity index (χ2n) is 6.38. The van der Waals surface area contributed by atoms with Crippen molar-refractivity contribution < 1.29 is 9.53 Å². The van der Waals surface area contributed by atoms with E-state index in [2.05, 4.69) is 25.7 Å². The standard InChI is InChI=1S/C19H24O2/c1-19(2,17-7-5-4-6-8-17)14-13-15-9-11-16(12-10-15)18(20)21-3/h9-12,17H,4-8H2,1-3H3. The van der Waals surface area contributed by atoms with Crippen LogP contribution in [-0.4, -0.2) is 13.1 Å². The quantitative estimate of drug-likeness (QED) is 0.593. The average molecular weight is 284 g/mol. The fourth-order valence-electron chi connectivity index (χ4n) is 2.97. The maximum atomic E-state index is 11.4. The summed E-state index contributed by atoms with van der Waals surface area (Å²) in [6, 6.07) is 7.30. The Bertz CT molecular complexity index is 537. The maximum absolute atomic E-state index is 11.4. The molecule has 1 aromatic rings. The Hall–Kier alpha value is -1.75. The van der Waals surface area contributed by atoms with Gasteiger partial charge in [0.05, 0.1) is 12.7 Å². The van der Waals surface area contributed by atoms with Gasteiger partial charge in [-0.25, -0.2) is 4.79 Å². The van der Waals surface area contributed by atoms with Crippen molar-refractivity contribution in [1.82, 2.24) is 0 Å². The molecule has 1 fully saturated rings. The first-order chi connectivity index (χ1) is 10.0. The van der Waals surface area contributed by atoms with Crippen LogP contribution in [0.5, 0.6) is 0 Å². The Morgan fingerprint density at radius 2 is 1.76 bits per heavy atom.